The summed E-state index contributed by atoms with van der Waals surface area (Å²) in [6, 6.07) is 33.9. The van der Waals surface area contributed by atoms with E-state index in [4.69, 9.17) is 8.83 Å². The first kappa shape index (κ1) is 17.2. The molecule has 5 heteroatoms. The van der Waals surface area contributed by atoms with Gasteiger partial charge in [0.25, 0.3) is 0 Å². The average Bonchev–Trinajstić information content (AvgIpc) is 3.58. The first-order valence-electron chi connectivity index (χ1n) is 11.1. The Bertz CT molecular complexity index is 1720. The van der Waals surface area contributed by atoms with E-state index in [2.05, 4.69) is 94.6 Å². The third-order valence-corrected chi connectivity index (χ3v) is 6.92. The largest absolute Gasteiger partial charge is 0.462 e. The maximum absolute atomic E-state index is 6.45. The summed E-state index contributed by atoms with van der Waals surface area (Å²) in [4.78, 5) is 4.80. The van der Waals surface area contributed by atoms with Crippen LogP contribution in [0.1, 0.15) is 0 Å². The lowest BCUT2D eigenvalue weighted by Gasteiger charge is -2.34. The molecule has 0 N–H and O–H groups in total. The van der Waals surface area contributed by atoms with Gasteiger partial charge < -0.3 is 18.5 Å². The SMILES string of the molecule is c1ccc2c(c1)B1N(c3ccccc3N1c1cccc3c1oc1ccccc13)c1ccoc1-2. The second-order valence-electron chi connectivity index (χ2n) is 8.58. The van der Waals surface area contributed by atoms with Crippen molar-refractivity contribution in [1.29, 1.82) is 0 Å². The molecule has 0 unspecified atom stereocenters. The van der Waals surface area contributed by atoms with Crippen LogP contribution in [-0.2, 0) is 0 Å². The highest BCUT2D eigenvalue weighted by molar-refractivity contribution is 6.86. The standard InChI is InChI=1S/C28H17BN2O2/c1-3-11-21-20(9-1)27-25(16-17-32-27)31-23-13-5-4-12-22(23)30(29(21)31)24-14-7-10-19-18-8-2-6-15-26(18)33-28(19)24/h1-17H. The fourth-order valence-corrected chi connectivity index (χ4v) is 5.60. The molecule has 2 aliphatic heterocycles. The Hall–Kier alpha value is -4.38. The number of hydrogen-bond donors (Lipinski definition) is 0. The maximum Gasteiger partial charge on any atom is 0.421 e. The molecule has 4 aromatic carbocycles. The highest BCUT2D eigenvalue weighted by Gasteiger charge is 2.49. The predicted octanol–water partition coefficient (Wildman–Crippen LogP) is 6.84. The predicted molar refractivity (Wildman–Crippen MR) is 134 cm³/mol. The minimum Gasteiger partial charge on any atom is -0.462 e. The molecule has 0 bridgehead atoms. The summed E-state index contributed by atoms with van der Waals surface area (Å²) in [5, 5.41) is 2.27. The van der Waals surface area contributed by atoms with Crippen molar-refractivity contribution in [3.63, 3.8) is 0 Å². The number of anilines is 4. The molecule has 8 rings (SSSR count). The van der Waals surface area contributed by atoms with Crippen molar-refractivity contribution in [3.8, 4) is 11.3 Å². The number of rotatable bonds is 1. The number of hydrogen-bond acceptors (Lipinski definition) is 4. The molecule has 6 aromatic rings. The van der Waals surface area contributed by atoms with E-state index in [1.54, 1.807) is 6.26 Å². The Labute approximate surface area is 190 Å². The Kier molecular flexibility index (Phi) is 3.19. The number of nitrogens with zero attached hydrogens (tertiary/aromatic N) is 2. The van der Waals surface area contributed by atoms with Crippen molar-refractivity contribution in [2.24, 2.45) is 0 Å². The zero-order valence-corrected chi connectivity index (χ0v) is 17.6. The molecular formula is C28H17BN2O2. The van der Waals surface area contributed by atoms with E-state index in [1.165, 1.54) is 5.46 Å². The molecule has 4 nitrogen and oxygen atoms in total. The van der Waals surface area contributed by atoms with E-state index in [1.807, 2.05) is 12.1 Å². The monoisotopic (exact) mass is 424 g/mol. The molecule has 2 aliphatic rings. The minimum atomic E-state index is -0.0393. The van der Waals surface area contributed by atoms with Crippen LogP contribution in [0.4, 0.5) is 22.7 Å². The summed E-state index contributed by atoms with van der Waals surface area (Å²) in [5.41, 5.74) is 8.62. The average molecular weight is 424 g/mol. The highest BCUT2D eigenvalue weighted by Crippen LogP contribution is 2.52. The third kappa shape index (κ3) is 2.11. The summed E-state index contributed by atoms with van der Waals surface area (Å²) in [6.45, 7) is -0.0393. The molecule has 33 heavy (non-hydrogen) atoms. The van der Waals surface area contributed by atoms with Crippen molar-refractivity contribution in [2.45, 2.75) is 0 Å². The van der Waals surface area contributed by atoms with Crippen LogP contribution in [0.25, 0.3) is 33.3 Å². The molecule has 0 saturated heterocycles. The fraction of sp³-hybridized carbons (Fsp3) is 0. The molecule has 0 aliphatic carbocycles. The highest BCUT2D eigenvalue weighted by atomic mass is 16.3. The molecule has 0 radical (unpaired) electrons. The smallest absolute Gasteiger partial charge is 0.421 e. The van der Waals surface area contributed by atoms with E-state index < -0.39 is 0 Å². The van der Waals surface area contributed by atoms with Gasteiger partial charge in [0.1, 0.15) is 5.58 Å². The molecule has 154 valence electrons. The molecule has 0 fully saturated rings. The molecule has 4 heterocycles. The van der Waals surface area contributed by atoms with Crippen molar-refractivity contribution in [2.75, 3.05) is 9.62 Å². The first-order valence-corrected chi connectivity index (χ1v) is 11.1. The second-order valence-corrected chi connectivity index (χ2v) is 8.58. The van der Waals surface area contributed by atoms with Gasteiger partial charge in [-0.1, -0.05) is 66.7 Å². The van der Waals surface area contributed by atoms with E-state index in [-0.39, 0.29) is 6.98 Å². The zero-order chi connectivity index (χ0) is 21.5. The number of para-hydroxylation sites is 4. The quantitative estimate of drug-likeness (QED) is 0.271. The van der Waals surface area contributed by atoms with E-state index in [9.17, 15) is 0 Å². The van der Waals surface area contributed by atoms with Gasteiger partial charge in [0.05, 0.1) is 29.0 Å². The Morgan fingerprint density at radius 3 is 2.18 bits per heavy atom. The van der Waals surface area contributed by atoms with Crippen LogP contribution in [0.5, 0.6) is 0 Å². The van der Waals surface area contributed by atoms with Gasteiger partial charge in [0, 0.05) is 16.3 Å². The first-order chi connectivity index (χ1) is 16.4. The molecular weight excluding hydrogens is 407 g/mol. The normalized spacial score (nSPS) is 13.9. The van der Waals surface area contributed by atoms with Gasteiger partial charge in [0.2, 0.25) is 0 Å². The summed E-state index contributed by atoms with van der Waals surface area (Å²) in [6.07, 6.45) is 1.79. The van der Waals surface area contributed by atoms with Gasteiger partial charge in [-0.25, -0.2) is 0 Å². The van der Waals surface area contributed by atoms with E-state index in [0.717, 1.165) is 56.0 Å². The lowest BCUT2D eigenvalue weighted by molar-refractivity contribution is 0.583. The Morgan fingerprint density at radius 1 is 0.576 bits per heavy atom. The number of benzene rings is 4. The molecule has 0 spiro atoms. The number of furan rings is 2. The van der Waals surface area contributed by atoms with Gasteiger partial charge in [-0.3, -0.25) is 0 Å². The van der Waals surface area contributed by atoms with Gasteiger partial charge in [-0.15, -0.1) is 0 Å². The van der Waals surface area contributed by atoms with Crippen LogP contribution in [0.3, 0.4) is 0 Å². The van der Waals surface area contributed by atoms with Crippen molar-refractivity contribution >= 4 is 57.1 Å². The third-order valence-electron chi connectivity index (χ3n) is 6.92. The van der Waals surface area contributed by atoms with E-state index in [0.29, 0.717) is 0 Å². The fourth-order valence-electron chi connectivity index (χ4n) is 5.60. The molecule has 0 amide bonds. The van der Waals surface area contributed by atoms with Crippen LogP contribution < -0.4 is 15.1 Å². The molecule has 2 aromatic heterocycles. The second kappa shape index (κ2) is 6.11. The van der Waals surface area contributed by atoms with Crippen LogP contribution in [0.15, 0.2) is 112 Å². The maximum atomic E-state index is 6.45. The summed E-state index contributed by atoms with van der Waals surface area (Å²) in [7, 11) is 0. The Balaban J connectivity index is 1.47. The van der Waals surface area contributed by atoms with Crippen LogP contribution >= 0.6 is 0 Å². The lowest BCUT2D eigenvalue weighted by Crippen LogP contribution is -2.55. The summed E-state index contributed by atoms with van der Waals surface area (Å²) >= 11 is 0. The molecule has 0 saturated carbocycles. The topological polar surface area (TPSA) is 32.8 Å². The van der Waals surface area contributed by atoms with Crippen molar-refractivity contribution in [3.05, 3.63) is 103 Å². The van der Waals surface area contributed by atoms with Gasteiger partial charge in [0.15, 0.2) is 11.3 Å². The van der Waals surface area contributed by atoms with Crippen LogP contribution in [0.2, 0.25) is 0 Å². The van der Waals surface area contributed by atoms with Crippen molar-refractivity contribution in [1.82, 2.24) is 0 Å². The van der Waals surface area contributed by atoms with Gasteiger partial charge in [-0.05, 0) is 35.8 Å². The minimum absolute atomic E-state index is 0.0393. The summed E-state index contributed by atoms with van der Waals surface area (Å²) in [5.74, 6) is 0.917. The number of fused-ring (bicyclic) bond motifs is 11. The molecule has 0 atom stereocenters. The van der Waals surface area contributed by atoms with Crippen molar-refractivity contribution < 1.29 is 8.83 Å². The zero-order valence-electron chi connectivity index (χ0n) is 17.6. The van der Waals surface area contributed by atoms with Crippen LogP contribution in [0, 0.1) is 0 Å². The van der Waals surface area contributed by atoms with Crippen LogP contribution in [-0.4, -0.2) is 6.98 Å². The lowest BCUT2D eigenvalue weighted by atomic mass is 9.60. The summed E-state index contributed by atoms with van der Waals surface area (Å²) < 4.78 is 12.4. The van der Waals surface area contributed by atoms with Gasteiger partial charge in [-0.2, -0.15) is 0 Å². The van der Waals surface area contributed by atoms with E-state index >= 15 is 0 Å². The Morgan fingerprint density at radius 2 is 1.27 bits per heavy atom. The van der Waals surface area contributed by atoms with Gasteiger partial charge >= 0.3 is 6.98 Å².